The standard InChI is InChI=1S/C17H29N/c1-4-7-8-10-15-11-13-17(14-12-15)18-16(6-3)9-5-2/h11-14,16,18H,4-10H2,1-3H3. The predicted octanol–water partition coefficient (Wildman–Crippen LogP) is 5.41. The molecule has 1 aromatic carbocycles. The van der Waals surface area contributed by atoms with Crippen molar-refractivity contribution in [1.82, 2.24) is 0 Å². The smallest absolute Gasteiger partial charge is 0.0342 e. The van der Waals surface area contributed by atoms with Gasteiger partial charge >= 0.3 is 0 Å². The lowest BCUT2D eigenvalue weighted by Gasteiger charge is -2.17. The van der Waals surface area contributed by atoms with E-state index < -0.39 is 0 Å². The maximum absolute atomic E-state index is 3.62. The molecular weight excluding hydrogens is 218 g/mol. The van der Waals surface area contributed by atoms with Crippen molar-refractivity contribution in [1.29, 1.82) is 0 Å². The fraction of sp³-hybridized carbons (Fsp3) is 0.647. The Hall–Kier alpha value is -0.980. The Bertz CT molecular complexity index is 302. The number of hydrogen-bond acceptors (Lipinski definition) is 1. The van der Waals surface area contributed by atoms with Crippen LogP contribution in [0.4, 0.5) is 5.69 Å². The fourth-order valence-corrected chi connectivity index (χ4v) is 2.31. The van der Waals surface area contributed by atoms with Crippen LogP contribution in [-0.4, -0.2) is 6.04 Å². The molecule has 0 saturated heterocycles. The first kappa shape index (κ1) is 15.1. The molecule has 1 unspecified atom stereocenters. The van der Waals surface area contributed by atoms with Crippen molar-refractivity contribution in [2.45, 2.75) is 71.8 Å². The first-order valence-electron chi connectivity index (χ1n) is 7.65. The minimum atomic E-state index is 0.626. The minimum absolute atomic E-state index is 0.626. The van der Waals surface area contributed by atoms with E-state index in [0.29, 0.717) is 6.04 Å². The van der Waals surface area contributed by atoms with Gasteiger partial charge in [0.15, 0.2) is 0 Å². The van der Waals surface area contributed by atoms with E-state index >= 15 is 0 Å². The van der Waals surface area contributed by atoms with Gasteiger partial charge in [-0.25, -0.2) is 0 Å². The van der Waals surface area contributed by atoms with Crippen molar-refractivity contribution < 1.29 is 0 Å². The quantitative estimate of drug-likeness (QED) is 0.575. The molecule has 18 heavy (non-hydrogen) atoms. The second kappa shape index (κ2) is 9.02. The van der Waals surface area contributed by atoms with Crippen LogP contribution in [0.5, 0.6) is 0 Å². The van der Waals surface area contributed by atoms with E-state index in [-0.39, 0.29) is 0 Å². The molecule has 0 aliphatic carbocycles. The van der Waals surface area contributed by atoms with E-state index in [0.717, 1.165) is 0 Å². The summed E-state index contributed by atoms with van der Waals surface area (Å²) in [5, 5.41) is 3.62. The Morgan fingerprint density at radius 1 is 0.944 bits per heavy atom. The zero-order chi connectivity index (χ0) is 13.2. The van der Waals surface area contributed by atoms with Crippen LogP contribution in [0.1, 0.15) is 64.9 Å². The average Bonchev–Trinajstić information content (AvgIpc) is 2.40. The van der Waals surface area contributed by atoms with Crippen molar-refractivity contribution in [3.63, 3.8) is 0 Å². The van der Waals surface area contributed by atoms with E-state index in [4.69, 9.17) is 0 Å². The topological polar surface area (TPSA) is 12.0 Å². The highest BCUT2D eigenvalue weighted by atomic mass is 14.9. The zero-order valence-electron chi connectivity index (χ0n) is 12.3. The van der Waals surface area contributed by atoms with Crippen LogP contribution in [0.3, 0.4) is 0 Å². The van der Waals surface area contributed by atoms with E-state index in [1.54, 1.807) is 0 Å². The molecule has 0 aliphatic heterocycles. The molecule has 1 atom stereocenters. The molecule has 0 saturated carbocycles. The summed E-state index contributed by atoms with van der Waals surface area (Å²) in [5.41, 5.74) is 2.74. The molecule has 0 aliphatic rings. The van der Waals surface area contributed by atoms with Gasteiger partial charge in [0.25, 0.3) is 0 Å². The van der Waals surface area contributed by atoms with Gasteiger partial charge in [0.05, 0.1) is 0 Å². The molecule has 0 spiro atoms. The third kappa shape index (κ3) is 5.57. The summed E-state index contributed by atoms with van der Waals surface area (Å²) >= 11 is 0. The highest BCUT2D eigenvalue weighted by Crippen LogP contribution is 2.15. The molecule has 0 radical (unpaired) electrons. The molecule has 1 nitrogen and oxygen atoms in total. The third-order valence-corrected chi connectivity index (χ3v) is 3.52. The van der Waals surface area contributed by atoms with Crippen LogP contribution in [0.15, 0.2) is 24.3 Å². The molecule has 0 bridgehead atoms. The van der Waals surface area contributed by atoms with Crippen LogP contribution in [-0.2, 0) is 6.42 Å². The Morgan fingerprint density at radius 2 is 1.67 bits per heavy atom. The highest BCUT2D eigenvalue weighted by Gasteiger charge is 2.04. The number of nitrogens with one attached hydrogen (secondary N) is 1. The lowest BCUT2D eigenvalue weighted by Crippen LogP contribution is -2.17. The average molecular weight is 247 g/mol. The first-order chi connectivity index (χ1) is 8.80. The van der Waals surface area contributed by atoms with Gasteiger partial charge in [-0.1, -0.05) is 52.2 Å². The predicted molar refractivity (Wildman–Crippen MR) is 82.3 cm³/mol. The number of unbranched alkanes of at least 4 members (excludes halogenated alkanes) is 2. The van der Waals surface area contributed by atoms with Crippen molar-refractivity contribution in [2.24, 2.45) is 0 Å². The number of benzene rings is 1. The molecule has 1 N–H and O–H groups in total. The van der Waals surface area contributed by atoms with Gasteiger partial charge in [-0.2, -0.15) is 0 Å². The summed E-state index contributed by atoms with van der Waals surface area (Å²) in [6.45, 7) is 6.76. The van der Waals surface area contributed by atoms with E-state index in [1.165, 1.54) is 56.2 Å². The number of rotatable bonds is 9. The van der Waals surface area contributed by atoms with Crippen molar-refractivity contribution in [3.05, 3.63) is 29.8 Å². The van der Waals surface area contributed by atoms with Crippen molar-refractivity contribution in [2.75, 3.05) is 5.32 Å². The second-order valence-electron chi connectivity index (χ2n) is 5.19. The number of hydrogen-bond donors (Lipinski definition) is 1. The molecule has 1 heteroatoms. The molecule has 0 fully saturated rings. The van der Waals surface area contributed by atoms with E-state index in [1.807, 2.05) is 0 Å². The lowest BCUT2D eigenvalue weighted by molar-refractivity contribution is 0.623. The Morgan fingerprint density at radius 3 is 2.22 bits per heavy atom. The summed E-state index contributed by atoms with van der Waals surface area (Å²) in [4.78, 5) is 0. The van der Waals surface area contributed by atoms with Crippen LogP contribution < -0.4 is 5.32 Å². The van der Waals surface area contributed by atoms with Gasteiger partial charge in [-0.15, -0.1) is 0 Å². The van der Waals surface area contributed by atoms with Gasteiger partial charge in [-0.3, -0.25) is 0 Å². The monoisotopic (exact) mass is 247 g/mol. The van der Waals surface area contributed by atoms with Crippen LogP contribution in [0.2, 0.25) is 0 Å². The largest absolute Gasteiger partial charge is 0.382 e. The Labute approximate surface area is 113 Å². The molecule has 0 amide bonds. The van der Waals surface area contributed by atoms with Crippen LogP contribution in [0, 0.1) is 0 Å². The van der Waals surface area contributed by atoms with Gasteiger partial charge in [0.1, 0.15) is 0 Å². The second-order valence-corrected chi connectivity index (χ2v) is 5.19. The third-order valence-electron chi connectivity index (χ3n) is 3.52. The first-order valence-corrected chi connectivity index (χ1v) is 7.65. The van der Waals surface area contributed by atoms with Gasteiger partial charge in [0, 0.05) is 11.7 Å². The van der Waals surface area contributed by atoms with Crippen molar-refractivity contribution >= 4 is 5.69 Å². The summed E-state index contributed by atoms with van der Waals surface area (Å²) in [5.74, 6) is 0. The Kier molecular flexibility index (Phi) is 7.55. The van der Waals surface area contributed by atoms with Gasteiger partial charge < -0.3 is 5.32 Å². The van der Waals surface area contributed by atoms with Crippen molar-refractivity contribution in [3.8, 4) is 0 Å². The molecule has 1 rings (SSSR count). The summed E-state index contributed by atoms with van der Waals surface area (Å²) < 4.78 is 0. The molecule has 1 aromatic rings. The highest BCUT2D eigenvalue weighted by molar-refractivity contribution is 5.45. The van der Waals surface area contributed by atoms with Crippen LogP contribution in [0.25, 0.3) is 0 Å². The van der Waals surface area contributed by atoms with Crippen LogP contribution >= 0.6 is 0 Å². The van der Waals surface area contributed by atoms with E-state index in [2.05, 4.69) is 50.4 Å². The molecular formula is C17H29N. The molecule has 0 heterocycles. The summed E-state index contributed by atoms with van der Waals surface area (Å²) in [6, 6.07) is 9.65. The summed E-state index contributed by atoms with van der Waals surface area (Å²) in [7, 11) is 0. The van der Waals surface area contributed by atoms with Gasteiger partial charge in [0.2, 0.25) is 0 Å². The van der Waals surface area contributed by atoms with Gasteiger partial charge in [-0.05, 0) is 43.4 Å². The number of aryl methyl sites for hydroxylation is 1. The normalized spacial score (nSPS) is 12.4. The fourth-order valence-electron chi connectivity index (χ4n) is 2.31. The zero-order valence-corrected chi connectivity index (χ0v) is 12.3. The maximum atomic E-state index is 3.62. The SMILES string of the molecule is CCCCCc1ccc(NC(CC)CCC)cc1. The molecule has 0 aromatic heterocycles. The molecule has 102 valence electrons. The maximum Gasteiger partial charge on any atom is 0.0342 e. The minimum Gasteiger partial charge on any atom is -0.382 e. The Balaban J connectivity index is 2.43. The summed E-state index contributed by atoms with van der Waals surface area (Å²) in [6.07, 6.45) is 8.89. The number of anilines is 1. The van der Waals surface area contributed by atoms with E-state index in [9.17, 15) is 0 Å². The lowest BCUT2D eigenvalue weighted by atomic mass is 10.1.